The Bertz CT molecular complexity index is 861. The molecule has 102 valence electrons. The van der Waals surface area contributed by atoms with E-state index in [0.717, 1.165) is 22.4 Å². The smallest absolute Gasteiger partial charge is 0.0804 e. The van der Waals surface area contributed by atoms with Gasteiger partial charge in [0.15, 0.2) is 0 Å². The molecule has 2 aromatic heterocycles. The molecule has 2 nitrogen and oxygen atoms in total. The highest BCUT2D eigenvalue weighted by atomic mass is 14.7. The van der Waals surface area contributed by atoms with Crippen molar-refractivity contribution in [3.05, 3.63) is 45.8 Å². The molecule has 0 bridgehead atoms. The lowest BCUT2D eigenvalue weighted by atomic mass is 9.93. The number of aryl methyl sites for hydroxylation is 5. The van der Waals surface area contributed by atoms with Gasteiger partial charge in [0.1, 0.15) is 0 Å². The standard InChI is InChI=1S/C18H20N2/c1-9-7-8-15-17(19-9)13(5)12(4)16-11(3)10(2)14(6)20-18(15)16/h7-8H,1-6H3. The number of aromatic nitrogens is 2. The van der Waals surface area contributed by atoms with Gasteiger partial charge < -0.3 is 0 Å². The normalized spacial score (nSPS) is 11.5. The van der Waals surface area contributed by atoms with Crippen molar-refractivity contribution in [2.75, 3.05) is 0 Å². The Morgan fingerprint density at radius 2 is 1.30 bits per heavy atom. The number of benzene rings is 1. The number of fused-ring (bicyclic) bond motifs is 3. The molecule has 0 saturated carbocycles. The summed E-state index contributed by atoms with van der Waals surface area (Å²) in [7, 11) is 0. The summed E-state index contributed by atoms with van der Waals surface area (Å²) in [5.41, 5.74) is 9.56. The topological polar surface area (TPSA) is 25.8 Å². The van der Waals surface area contributed by atoms with Gasteiger partial charge in [0.25, 0.3) is 0 Å². The maximum atomic E-state index is 4.86. The second kappa shape index (κ2) is 4.27. The molecule has 0 N–H and O–H groups in total. The average molecular weight is 264 g/mol. The Morgan fingerprint density at radius 1 is 0.650 bits per heavy atom. The van der Waals surface area contributed by atoms with E-state index in [1.165, 1.54) is 33.0 Å². The van der Waals surface area contributed by atoms with E-state index in [1.807, 2.05) is 6.92 Å². The van der Waals surface area contributed by atoms with Crippen molar-refractivity contribution in [2.45, 2.75) is 41.5 Å². The first kappa shape index (κ1) is 13.0. The Labute approximate surface area is 119 Å². The zero-order chi connectivity index (χ0) is 14.6. The molecule has 20 heavy (non-hydrogen) atoms. The minimum atomic E-state index is 1.06. The summed E-state index contributed by atoms with van der Waals surface area (Å²) >= 11 is 0. The highest BCUT2D eigenvalue weighted by Crippen LogP contribution is 2.33. The van der Waals surface area contributed by atoms with Gasteiger partial charge in [-0.05, 0) is 75.9 Å². The van der Waals surface area contributed by atoms with E-state index in [9.17, 15) is 0 Å². The lowest BCUT2D eigenvalue weighted by Gasteiger charge is -2.16. The highest BCUT2D eigenvalue weighted by Gasteiger charge is 2.15. The quantitative estimate of drug-likeness (QED) is 0.553. The second-order valence-corrected chi connectivity index (χ2v) is 5.77. The summed E-state index contributed by atoms with van der Waals surface area (Å²) in [5, 5.41) is 2.46. The summed E-state index contributed by atoms with van der Waals surface area (Å²) in [4.78, 5) is 9.58. The Balaban J connectivity index is 2.68. The molecule has 0 radical (unpaired) electrons. The van der Waals surface area contributed by atoms with Gasteiger partial charge >= 0.3 is 0 Å². The van der Waals surface area contributed by atoms with E-state index in [1.54, 1.807) is 0 Å². The first-order valence-electron chi connectivity index (χ1n) is 7.06. The molecule has 0 atom stereocenters. The van der Waals surface area contributed by atoms with Gasteiger partial charge in [0.05, 0.1) is 11.0 Å². The van der Waals surface area contributed by atoms with Gasteiger partial charge in [-0.15, -0.1) is 0 Å². The lowest BCUT2D eigenvalue weighted by molar-refractivity contribution is 1.16. The van der Waals surface area contributed by atoms with E-state index >= 15 is 0 Å². The van der Waals surface area contributed by atoms with Gasteiger partial charge in [-0.25, -0.2) is 0 Å². The minimum Gasteiger partial charge on any atom is -0.253 e. The maximum Gasteiger partial charge on any atom is 0.0804 e. The molecule has 3 aromatic rings. The molecule has 0 amide bonds. The van der Waals surface area contributed by atoms with Crippen molar-refractivity contribution < 1.29 is 0 Å². The van der Waals surface area contributed by atoms with Crippen molar-refractivity contribution in [2.24, 2.45) is 0 Å². The number of pyridine rings is 2. The van der Waals surface area contributed by atoms with E-state index in [4.69, 9.17) is 9.97 Å². The van der Waals surface area contributed by atoms with Crippen LogP contribution in [0.1, 0.15) is 33.6 Å². The molecular weight excluding hydrogens is 244 g/mol. The Kier molecular flexibility index (Phi) is 2.79. The highest BCUT2D eigenvalue weighted by molar-refractivity contribution is 6.08. The van der Waals surface area contributed by atoms with Crippen LogP contribution in [0.2, 0.25) is 0 Å². The molecule has 3 rings (SSSR count). The van der Waals surface area contributed by atoms with E-state index < -0.39 is 0 Å². The summed E-state index contributed by atoms with van der Waals surface area (Å²) in [6.45, 7) is 12.8. The van der Waals surface area contributed by atoms with Gasteiger partial charge in [-0.3, -0.25) is 9.97 Å². The van der Waals surface area contributed by atoms with Crippen LogP contribution in [0, 0.1) is 41.5 Å². The third kappa shape index (κ3) is 1.64. The summed E-state index contributed by atoms with van der Waals surface area (Å²) in [6, 6.07) is 4.23. The third-order valence-corrected chi connectivity index (χ3v) is 4.58. The van der Waals surface area contributed by atoms with Gasteiger partial charge in [-0.2, -0.15) is 0 Å². The summed E-state index contributed by atoms with van der Waals surface area (Å²) in [5.74, 6) is 0. The largest absolute Gasteiger partial charge is 0.253 e. The van der Waals surface area contributed by atoms with Crippen molar-refractivity contribution in [1.82, 2.24) is 9.97 Å². The Hall–Kier alpha value is -1.96. The zero-order valence-corrected chi connectivity index (χ0v) is 13.0. The molecular formula is C18H20N2. The molecule has 1 aromatic carbocycles. The third-order valence-electron chi connectivity index (χ3n) is 4.58. The molecule has 0 aliphatic heterocycles. The van der Waals surface area contributed by atoms with Gasteiger partial charge in [0, 0.05) is 22.2 Å². The summed E-state index contributed by atoms with van der Waals surface area (Å²) in [6.07, 6.45) is 0. The first-order valence-corrected chi connectivity index (χ1v) is 7.06. The van der Waals surface area contributed by atoms with Crippen LogP contribution in [-0.4, -0.2) is 9.97 Å². The van der Waals surface area contributed by atoms with Crippen molar-refractivity contribution in [1.29, 1.82) is 0 Å². The summed E-state index contributed by atoms with van der Waals surface area (Å²) < 4.78 is 0. The van der Waals surface area contributed by atoms with Crippen LogP contribution < -0.4 is 0 Å². The van der Waals surface area contributed by atoms with Crippen LogP contribution in [0.3, 0.4) is 0 Å². The van der Waals surface area contributed by atoms with Crippen LogP contribution in [0.4, 0.5) is 0 Å². The monoisotopic (exact) mass is 264 g/mol. The molecule has 0 unspecified atom stereocenters. The number of nitrogens with zero attached hydrogens (tertiary/aromatic N) is 2. The van der Waals surface area contributed by atoms with Crippen molar-refractivity contribution in [3.8, 4) is 0 Å². The van der Waals surface area contributed by atoms with Crippen LogP contribution in [0.5, 0.6) is 0 Å². The van der Waals surface area contributed by atoms with Crippen molar-refractivity contribution in [3.63, 3.8) is 0 Å². The van der Waals surface area contributed by atoms with Gasteiger partial charge in [-0.1, -0.05) is 0 Å². The lowest BCUT2D eigenvalue weighted by Crippen LogP contribution is -2.00. The predicted octanol–water partition coefficient (Wildman–Crippen LogP) is 4.63. The van der Waals surface area contributed by atoms with Crippen LogP contribution in [-0.2, 0) is 0 Å². The van der Waals surface area contributed by atoms with Crippen LogP contribution in [0.25, 0.3) is 21.8 Å². The fraction of sp³-hybridized carbons (Fsp3) is 0.333. The second-order valence-electron chi connectivity index (χ2n) is 5.77. The van der Waals surface area contributed by atoms with E-state index in [2.05, 4.69) is 46.8 Å². The number of rotatable bonds is 0. The zero-order valence-electron chi connectivity index (χ0n) is 13.0. The number of hydrogen-bond acceptors (Lipinski definition) is 2. The van der Waals surface area contributed by atoms with E-state index in [-0.39, 0.29) is 0 Å². The molecule has 0 aliphatic rings. The van der Waals surface area contributed by atoms with Gasteiger partial charge in [0.2, 0.25) is 0 Å². The maximum absolute atomic E-state index is 4.86. The fourth-order valence-corrected chi connectivity index (χ4v) is 3.00. The predicted molar refractivity (Wildman–Crippen MR) is 85.5 cm³/mol. The van der Waals surface area contributed by atoms with Crippen LogP contribution >= 0.6 is 0 Å². The molecule has 2 heteroatoms. The fourth-order valence-electron chi connectivity index (χ4n) is 3.00. The van der Waals surface area contributed by atoms with Crippen molar-refractivity contribution >= 4 is 21.8 Å². The average Bonchev–Trinajstić information content (AvgIpc) is 2.42. The molecule has 0 fully saturated rings. The first-order chi connectivity index (χ1) is 9.41. The molecule has 0 spiro atoms. The SMILES string of the molecule is Cc1ccc2c(n1)c(C)c(C)c1c(C)c(C)c(C)nc12. The number of hydrogen-bond donors (Lipinski definition) is 0. The Morgan fingerprint density at radius 3 is 2.00 bits per heavy atom. The molecule has 0 aliphatic carbocycles. The molecule has 0 saturated heterocycles. The minimum absolute atomic E-state index is 1.06. The van der Waals surface area contributed by atoms with Crippen LogP contribution in [0.15, 0.2) is 12.1 Å². The molecule has 2 heterocycles. The van der Waals surface area contributed by atoms with E-state index in [0.29, 0.717) is 0 Å².